The quantitative estimate of drug-likeness (QED) is 0.520. The third-order valence-corrected chi connectivity index (χ3v) is 4.31. The lowest BCUT2D eigenvalue weighted by Crippen LogP contribution is -2.07. The molecule has 8 heteroatoms. The normalized spacial score (nSPS) is 10.6. The number of hydrogen-bond donors (Lipinski definition) is 1. The number of aromatic nitrogens is 4. The van der Waals surface area contributed by atoms with Crippen LogP contribution in [-0.2, 0) is 6.54 Å². The van der Waals surface area contributed by atoms with Crippen LogP contribution in [0.5, 0.6) is 5.88 Å². The first-order chi connectivity index (χ1) is 14.7. The molecule has 0 aliphatic carbocycles. The number of halogens is 1. The van der Waals surface area contributed by atoms with Gasteiger partial charge in [0.25, 0.3) is 0 Å². The summed E-state index contributed by atoms with van der Waals surface area (Å²) in [6, 6.07) is 15.4. The Hall–Kier alpha value is -4.12. The highest BCUT2D eigenvalue weighted by atomic mass is 19.1. The molecular weight excluding hydrogens is 383 g/mol. The van der Waals surface area contributed by atoms with E-state index in [-0.39, 0.29) is 5.82 Å². The van der Waals surface area contributed by atoms with Gasteiger partial charge in [-0.25, -0.2) is 14.4 Å². The molecule has 0 atom stereocenters. The first-order valence-corrected chi connectivity index (χ1v) is 9.32. The Bertz CT molecular complexity index is 1240. The molecule has 4 aromatic rings. The van der Waals surface area contributed by atoms with Crippen LogP contribution in [0.3, 0.4) is 0 Å². The van der Waals surface area contributed by atoms with Crippen LogP contribution in [0.4, 0.5) is 10.3 Å². The molecule has 2 heterocycles. The second-order valence-corrected chi connectivity index (χ2v) is 6.39. The molecule has 4 rings (SSSR count). The van der Waals surface area contributed by atoms with Crippen molar-refractivity contribution in [3.63, 3.8) is 0 Å². The highest BCUT2D eigenvalue weighted by Crippen LogP contribution is 2.25. The minimum Gasteiger partial charge on any atom is -0.476 e. The smallest absolute Gasteiger partial charge is 0.247 e. The van der Waals surface area contributed by atoms with Crippen molar-refractivity contribution < 1.29 is 9.13 Å². The van der Waals surface area contributed by atoms with Crippen LogP contribution in [0.1, 0.15) is 18.1 Å². The van der Waals surface area contributed by atoms with Crippen molar-refractivity contribution >= 4 is 17.1 Å². The molecule has 0 unspecified atom stereocenters. The van der Waals surface area contributed by atoms with Crippen LogP contribution in [0.2, 0.25) is 0 Å². The Labute approximate surface area is 172 Å². The number of fused-ring (bicyclic) bond motifs is 1. The zero-order chi connectivity index (χ0) is 20.9. The maximum absolute atomic E-state index is 13.1. The zero-order valence-electron chi connectivity index (χ0n) is 16.1. The maximum Gasteiger partial charge on any atom is 0.247 e. The first kappa shape index (κ1) is 19.2. The summed E-state index contributed by atoms with van der Waals surface area (Å²) in [5, 5.41) is 12.2. The summed E-state index contributed by atoms with van der Waals surface area (Å²) >= 11 is 0. The van der Waals surface area contributed by atoms with Crippen molar-refractivity contribution in [1.82, 2.24) is 19.9 Å². The van der Waals surface area contributed by atoms with E-state index in [1.807, 2.05) is 13.0 Å². The van der Waals surface area contributed by atoms with Gasteiger partial charge in [0.1, 0.15) is 5.82 Å². The highest BCUT2D eigenvalue weighted by molar-refractivity contribution is 5.79. The largest absolute Gasteiger partial charge is 0.476 e. The van der Waals surface area contributed by atoms with Crippen molar-refractivity contribution in [3.05, 3.63) is 71.7 Å². The molecule has 0 spiro atoms. The molecule has 0 aliphatic rings. The van der Waals surface area contributed by atoms with Gasteiger partial charge in [0.15, 0.2) is 11.2 Å². The number of benzene rings is 2. The van der Waals surface area contributed by atoms with Gasteiger partial charge in [-0.15, -0.1) is 0 Å². The van der Waals surface area contributed by atoms with Crippen LogP contribution < -0.4 is 10.1 Å². The Morgan fingerprint density at radius 1 is 1.10 bits per heavy atom. The van der Waals surface area contributed by atoms with Crippen LogP contribution in [-0.4, -0.2) is 26.5 Å². The van der Waals surface area contributed by atoms with E-state index < -0.39 is 0 Å². The topological polar surface area (TPSA) is 96.6 Å². The molecule has 0 aliphatic heterocycles. The Morgan fingerprint density at radius 2 is 1.93 bits per heavy atom. The second-order valence-electron chi connectivity index (χ2n) is 6.39. The molecule has 2 aromatic heterocycles. The summed E-state index contributed by atoms with van der Waals surface area (Å²) < 4.78 is 18.7. The van der Waals surface area contributed by atoms with Gasteiger partial charge >= 0.3 is 0 Å². The van der Waals surface area contributed by atoms with Gasteiger partial charge in [-0.3, -0.25) is 0 Å². The molecule has 0 amide bonds. The fourth-order valence-electron chi connectivity index (χ4n) is 2.87. The molecule has 1 N–H and O–H groups in total. The van der Waals surface area contributed by atoms with Gasteiger partial charge in [-0.1, -0.05) is 24.3 Å². The number of ether oxygens (including phenoxy) is 1. The van der Waals surface area contributed by atoms with E-state index in [9.17, 15) is 4.39 Å². The third kappa shape index (κ3) is 4.15. The van der Waals surface area contributed by atoms with Crippen molar-refractivity contribution in [2.45, 2.75) is 13.5 Å². The molecule has 0 saturated carbocycles. The van der Waals surface area contributed by atoms with Gasteiger partial charge in [0.05, 0.1) is 30.1 Å². The number of nitrogens with one attached hydrogen (secondary N) is 1. The Morgan fingerprint density at radius 3 is 2.70 bits per heavy atom. The van der Waals surface area contributed by atoms with Crippen LogP contribution in [0, 0.1) is 17.1 Å². The molecule has 0 fully saturated rings. The standard InChI is InChI=1S/C22H17FN6O/c1-2-30-21-19-20(25-13-18(27-19)16-5-3-4-15(10-16)11-24)28-22(29-21)26-12-14-6-8-17(23)9-7-14/h3-10,13H,2,12H2,1H3,(H,25,26,28,29). The lowest BCUT2D eigenvalue weighted by molar-refractivity contribution is 0.330. The Kier molecular flexibility index (Phi) is 5.44. The molecule has 0 bridgehead atoms. The number of anilines is 1. The van der Waals surface area contributed by atoms with Gasteiger partial charge in [-0.2, -0.15) is 15.2 Å². The van der Waals surface area contributed by atoms with E-state index in [1.54, 1.807) is 36.5 Å². The summed E-state index contributed by atoms with van der Waals surface area (Å²) in [4.78, 5) is 17.9. The van der Waals surface area contributed by atoms with E-state index in [0.717, 1.165) is 11.1 Å². The minimum absolute atomic E-state index is 0.286. The van der Waals surface area contributed by atoms with Gasteiger partial charge in [0, 0.05) is 12.1 Å². The van der Waals surface area contributed by atoms with Gasteiger partial charge < -0.3 is 10.1 Å². The summed E-state index contributed by atoms with van der Waals surface area (Å²) in [6.07, 6.45) is 1.60. The SMILES string of the molecule is CCOc1nc(NCc2ccc(F)cc2)nc2ncc(-c3cccc(C#N)c3)nc12. The summed E-state index contributed by atoms with van der Waals surface area (Å²) in [7, 11) is 0. The average Bonchev–Trinajstić information content (AvgIpc) is 2.78. The summed E-state index contributed by atoms with van der Waals surface area (Å²) in [5.41, 5.74) is 3.60. The first-order valence-electron chi connectivity index (χ1n) is 9.32. The molecule has 148 valence electrons. The second kappa shape index (κ2) is 8.49. The molecular formula is C22H17FN6O. The number of hydrogen-bond acceptors (Lipinski definition) is 7. The number of nitrogens with zero attached hydrogens (tertiary/aromatic N) is 5. The average molecular weight is 400 g/mol. The molecule has 7 nitrogen and oxygen atoms in total. The van der Waals surface area contributed by atoms with Crippen molar-refractivity contribution in [2.75, 3.05) is 11.9 Å². The fraction of sp³-hybridized carbons (Fsp3) is 0.136. The lowest BCUT2D eigenvalue weighted by atomic mass is 10.1. The summed E-state index contributed by atoms with van der Waals surface area (Å²) in [6.45, 7) is 2.68. The predicted octanol–water partition coefficient (Wildman–Crippen LogP) is 4.11. The predicted molar refractivity (Wildman–Crippen MR) is 110 cm³/mol. The lowest BCUT2D eigenvalue weighted by Gasteiger charge is -2.10. The van der Waals surface area contributed by atoms with Crippen LogP contribution in [0.15, 0.2) is 54.7 Å². The molecule has 30 heavy (non-hydrogen) atoms. The summed E-state index contributed by atoms with van der Waals surface area (Å²) in [5.74, 6) is 0.365. The van der Waals surface area contributed by atoms with Crippen molar-refractivity contribution in [1.29, 1.82) is 5.26 Å². The highest BCUT2D eigenvalue weighted by Gasteiger charge is 2.13. The van der Waals surface area contributed by atoms with Crippen molar-refractivity contribution in [2.24, 2.45) is 0 Å². The van der Waals surface area contributed by atoms with E-state index in [4.69, 9.17) is 10.00 Å². The zero-order valence-corrected chi connectivity index (χ0v) is 16.1. The van der Waals surface area contributed by atoms with E-state index in [2.05, 4.69) is 31.3 Å². The maximum atomic E-state index is 13.1. The van der Waals surface area contributed by atoms with Crippen LogP contribution in [0.25, 0.3) is 22.4 Å². The third-order valence-electron chi connectivity index (χ3n) is 4.31. The van der Waals surface area contributed by atoms with Crippen molar-refractivity contribution in [3.8, 4) is 23.2 Å². The van der Waals surface area contributed by atoms with Gasteiger partial charge in [-0.05, 0) is 36.8 Å². The monoisotopic (exact) mass is 400 g/mol. The van der Waals surface area contributed by atoms with E-state index in [1.165, 1.54) is 12.1 Å². The van der Waals surface area contributed by atoms with E-state index in [0.29, 0.717) is 47.4 Å². The van der Waals surface area contributed by atoms with E-state index >= 15 is 0 Å². The molecule has 2 aromatic carbocycles. The van der Waals surface area contributed by atoms with Crippen LogP contribution >= 0.6 is 0 Å². The minimum atomic E-state index is -0.286. The number of nitriles is 1. The molecule has 0 radical (unpaired) electrons. The molecule has 0 saturated heterocycles. The Balaban J connectivity index is 1.68. The number of rotatable bonds is 6. The van der Waals surface area contributed by atoms with Gasteiger partial charge in [0.2, 0.25) is 11.8 Å². The fourth-order valence-corrected chi connectivity index (χ4v) is 2.87.